The summed E-state index contributed by atoms with van der Waals surface area (Å²) in [6.07, 6.45) is 0. The highest BCUT2D eigenvalue weighted by molar-refractivity contribution is 7.98. The van der Waals surface area contributed by atoms with Crippen LogP contribution in [-0.4, -0.2) is 24.8 Å². The maximum atomic E-state index is 11.8. The second-order valence-electron chi connectivity index (χ2n) is 6.12. The van der Waals surface area contributed by atoms with Gasteiger partial charge in [0, 0.05) is 28.1 Å². The van der Waals surface area contributed by atoms with Crippen LogP contribution in [0.1, 0.15) is 30.9 Å². The summed E-state index contributed by atoms with van der Waals surface area (Å²) in [5, 5.41) is 4.19. The lowest BCUT2D eigenvalue weighted by Crippen LogP contribution is -2.30. The fraction of sp³-hybridized carbons (Fsp3) is 0.350. The van der Waals surface area contributed by atoms with E-state index in [2.05, 4.69) is 19.2 Å². The zero-order valence-electron chi connectivity index (χ0n) is 14.9. The molecule has 0 saturated heterocycles. The van der Waals surface area contributed by atoms with Crippen LogP contribution in [0, 0.1) is 0 Å². The summed E-state index contributed by atoms with van der Waals surface area (Å²) in [7, 11) is 0. The van der Waals surface area contributed by atoms with Crippen molar-refractivity contribution in [1.82, 2.24) is 5.32 Å². The van der Waals surface area contributed by atoms with Gasteiger partial charge in [-0.2, -0.15) is 11.8 Å². The van der Waals surface area contributed by atoms with Gasteiger partial charge in [-0.25, -0.2) is 0 Å². The zero-order valence-corrected chi connectivity index (χ0v) is 17.3. The van der Waals surface area contributed by atoms with E-state index in [4.69, 9.17) is 27.9 Å². The minimum absolute atomic E-state index is 0.0159. The van der Waals surface area contributed by atoms with Crippen molar-refractivity contribution in [3.05, 3.63) is 63.6 Å². The molecule has 0 radical (unpaired) electrons. The van der Waals surface area contributed by atoms with E-state index in [-0.39, 0.29) is 12.5 Å². The highest BCUT2D eigenvalue weighted by Gasteiger charge is 2.06. The Bertz CT molecular complexity index is 700. The van der Waals surface area contributed by atoms with Gasteiger partial charge in [0.1, 0.15) is 5.75 Å². The smallest absolute Gasteiger partial charge is 0.257 e. The second-order valence-corrected chi connectivity index (χ2v) is 8.03. The molecule has 0 aliphatic rings. The maximum absolute atomic E-state index is 11.8. The van der Waals surface area contributed by atoms with Crippen LogP contribution in [0.2, 0.25) is 10.0 Å². The van der Waals surface area contributed by atoms with Crippen LogP contribution in [0.3, 0.4) is 0 Å². The van der Waals surface area contributed by atoms with Gasteiger partial charge >= 0.3 is 0 Å². The van der Waals surface area contributed by atoms with Crippen LogP contribution < -0.4 is 10.1 Å². The number of hydrogen-bond donors (Lipinski definition) is 1. The van der Waals surface area contributed by atoms with Crippen LogP contribution in [0.15, 0.2) is 42.5 Å². The van der Waals surface area contributed by atoms with Crippen molar-refractivity contribution in [1.29, 1.82) is 0 Å². The molecule has 0 fully saturated rings. The Morgan fingerprint density at radius 1 is 1.12 bits per heavy atom. The van der Waals surface area contributed by atoms with E-state index in [0.717, 1.165) is 11.3 Å². The molecule has 0 aromatic heterocycles. The van der Waals surface area contributed by atoms with Crippen molar-refractivity contribution in [2.75, 3.05) is 18.9 Å². The number of carbonyl (C=O) groups is 1. The van der Waals surface area contributed by atoms with Gasteiger partial charge in [0.15, 0.2) is 6.61 Å². The van der Waals surface area contributed by atoms with Crippen molar-refractivity contribution < 1.29 is 9.53 Å². The Morgan fingerprint density at radius 2 is 1.77 bits per heavy atom. The van der Waals surface area contributed by atoms with Crippen molar-refractivity contribution in [2.24, 2.45) is 0 Å². The third-order valence-electron chi connectivity index (χ3n) is 3.79. The average Bonchev–Trinajstić information content (AvgIpc) is 2.62. The van der Waals surface area contributed by atoms with Gasteiger partial charge in [0.25, 0.3) is 5.91 Å². The molecule has 0 saturated carbocycles. The highest BCUT2D eigenvalue weighted by Crippen LogP contribution is 2.28. The van der Waals surface area contributed by atoms with Gasteiger partial charge in [-0.05, 0) is 41.3 Å². The SMILES string of the molecule is CC(C)c1ccc(OCC(=O)NCCSCc2c(Cl)cccc2Cl)cc1. The van der Waals surface area contributed by atoms with Gasteiger partial charge in [-0.1, -0.05) is 55.2 Å². The average molecular weight is 412 g/mol. The maximum Gasteiger partial charge on any atom is 0.257 e. The molecule has 26 heavy (non-hydrogen) atoms. The second kappa shape index (κ2) is 10.7. The summed E-state index contributed by atoms with van der Waals surface area (Å²) in [5.74, 6) is 2.54. The molecule has 0 aliphatic carbocycles. The lowest BCUT2D eigenvalue weighted by molar-refractivity contribution is -0.122. The number of thioether (sulfide) groups is 1. The fourth-order valence-electron chi connectivity index (χ4n) is 2.26. The first-order valence-corrected chi connectivity index (χ1v) is 10.4. The van der Waals surface area contributed by atoms with Crippen molar-refractivity contribution in [2.45, 2.75) is 25.5 Å². The number of rotatable bonds is 9. The Hall–Kier alpha value is -1.36. The molecule has 2 aromatic rings. The standard InChI is InChI=1S/C20H23Cl2NO2S/c1-14(2)15-6-8-16(9-7-15)25-12-20(24)23-10-11-26-13-17-18(21)4-3-5-19(17)22/h3-9,14H,10-13H2,1-2H3,(H,23,24). The normalized spacial score (nSPS) is 10.8. The predicted molar refractivity (Wildman–Crippen MR) is 112 cm³/mol. The molecule has 0 aliphatic heterocycles. The molecule has 0 atom stereocenters. The third-order valence-corrected chi connectivity index (χ3v) is 5.49. The van der Waals surface area contributed by atoms with Crippen LogP contribution in [-0.2, 0) is 10.5 Å². The molecule has 0 bridgehead atoms. The Kier molecular flexibility index (Phi) is 8.63. The molecule has 6 heteroatoms. The highest BCUT2D eigenvalue weighted by atomic mass is 35.5. The summed E-state index contributed by atoms with van der Waals surface area (Å²) in [6.45, 7) is 4.87. The third kappa shape index (κ3) is 6.75. The molecule has 0 unspecified atom stereocenters. The molecular weight excluding hydrogens is 389 g/mol. The van der Waals surface area contributed by atoms with E-state index in [1.165, 1.54) is 5.56 Å². The van der Waals surface area contributed by atoms with Gasteiger partial charge in [-0.15, -0.1) is 0 Å². The van der Waals surface area contributed by atoms with E-state index < -0.39 is 0 Å². The molecule has 1 amide bonds. The van der Waals surface area contributed by atoms with E-state index in [0.29, 0.717) is 34.0 Å². The van der Waals surface area contributed by atoms with E-state index in [1.54, 1.807) is 11.8 Å². The topological polar surface area (TPSA) is 38.3 Å². The molecule has 3 nitrogen and oxygen atoms in total. The zero-order chi connectivity index (χ0) is 18.9. The van der Waals surface area contributed by atoms with Crippen LogP contribution in [0.5, 0.6) is 5.75 Å². The van der Waals surface area contributed by atoms with E-state index in [9.17, 15) is 4.79 Å². The van der Waals surface area contributed by atoms with E-state index in [1.807, 2.05) is 42.5 Å². The summed E-state index contributed by atoms with van der Waals surface area (Å²) in [5.41, 5.74) is 2.18. The summed E-state index contributed by atoms with van der Waals surface area (Å²) < 4.78 is 5.51. The number of carbonyl (C=O) groups excluding carboxylic acids is 1. The molecule has 0 spiro atoms. The van der Waals surface area contributed by atoms with Crippen LogP contribution in [0.25, 0.3) is 0 Å². The quantitative estimate of drug-likeness (QED) is 0.549. The first-order valence-electron chi connectivity index (χ1n) is 8.47. The van der Waals surface area contributed by atoms with Gasteiger partial charge in [-0.3, -0.25) is 4.79 Å². The fourth-order valence-corrected chi connectivity index (χ4v) is 3.85. The summed E-state index contributed by atoms with van der Waals surface area (Å²) >= 11 is 13.9. The monoisotopic (exact) mass is 411 g/mol. The summed E-state index contributed by atoms with van der Waals surface area (Å²) in [4.78, 5) is 11.8. The summed E-state index contributed by atoms with van der Waals surface area (Å²) in [6, 6.07) is 13.3. The number of ether oxygens (including phenoxy) is 1. The van der Waals surface area contributed by atoms with E-state index >= 15 is 0 Å². The first-order chi connectivity index (χ1) is 12.5. The van der Waals surface area contributed by atoms with Gasteiger partial charge < -0.3 is 10.1 Å². The molecule has 0 heterocycles. The van der Waals surface area contributed by atoms with Crippen LogP contribution >= 0.6 is 35.0 Å². The van der Waals surface area contributed by atoms with Crippen molar-refractivity contribution in [3.8, 4) is 5.75 Å². The van der Waals surface area contributed by atoms with Crippen molar-refractivity contribution in [3.63, 3.8) is 0 Å². The number of halogens is 2. The number of amides is 1. The van der Waals surface area contributed by atoms with Crippen LogP contribution in [0.4, 0.5) is 0 Å². The minimum Gasteiger partial charge on any atom is -0.484 e. The lowest BCUT2D eigenvalue weighted by atomic mass is 10.0. The lowest BCUT2D eigenvalue weighted by Gasteiger charge is -2.10. The first kappa shape index (κ1) is 20.9. The molecule has 2 rings (SSSR count). The number of benzene rings is 2. The minimum atomic E-state index is -0.130. The van der Waals surface area contributed by atoms with Crippen molar-refractivity contribution >= 4 is 40.9 Å². The Morgan fingerprint density at radius 3 is 2.38 bits per heavy atom. The molecule has 1 N–H and O–H groups in total. The van der Waals surface area contributed by atoms with Gasteiger partial charge in [0.2, 0.25) is 0 Å². The Balaban J connectivity index is 1.63. The molecular formula is C20H23Cl2NO2S. The largest absolute Gasteiger partial charge is 0.484 e. The number of nitrogens with one attached hydrogen (secondary N) is 1. The molecule has 2 aromatic carbocycles. The number of hydrogen-bond acceptors (Lipinski definition) is 3. The Labute approximate surface area is 169 Å². The predicted octanol–water partition coefficient (Wildman–Crippen LogP) is 5.55. The molecule has 140 valence electrons. The van der Waals surface area contributed by atoms with Gasteiger partial charge in [0.05, 0.1) is 0 Å².